The van der Waals surface area contributed by atoms with Crippen molar-refractivity contribution >= 4 is 5.91 Å². The molecule has 0 radical (unpaired) electrons. The standard InChI is InChI=1S/C17H26N2O2/c1-13-5-6-16(11-14(13)2)17(21)12-18-7-4-8-19(10-9-18)15(3)20/h5-6,11,17,21H,4,7-10,12H2,1-3H3/t17-/m0/s1. The van der Waals surface area contributed by atoms with E-state index in [1.807, 2.05) is 11.0 Å². The lowest BCUT2D eigenvalue weighted by Gasteiger charge is -2.24. The number of carbonyl (C=O) groups is 1. The van der Waals surface area contributed by atoms with E-state index in [9.17, 15) is 9.90 Å². The number of β-amino-alcohol motifs (C(OH)–C–C–N with tert-alkyl or cyclic N) is 1. The fourth-order valence-corrected chi connectivity index (χ4v) is 2.79. The highest BCUT2D eigenvalue weighted by Gasteiger charge is 2.19. The summed E-state index contributed by atoms with van der Waals surface area (Å²) in [7, 11) is 0. The summed E-state index contributed by atoms with van der Waals surface area (Å²) in [6, 6.07) is 6.14. The molecule has 4 heteroatoms. The topological polar surface area (TPSA) is 43.8 Å². The van der Waals surface area contributed by atoms with Gasteiger partial charge in [-0.15, -0.1) is 0 Å². The van der Waals surface area contributed by atoms with Gasteiger partial charge in [-0.3, -0.25) is 9.69 Å². The molecule has 1 saturated heterocycles. The predicted octanol–water partition coefficient (Wildman–Crippen LogP) is 1.89. The molecule has 1 atom stereocenters. The minimum atomic E-state index is -0.465. The fraction of sp³-hybridized carbons (Fsp3) is 0.588. The first-order valence-corrected chi connectivity index (χ1v) is 7.70. The van der Waals surface area contributed by atoms with Gasteiger partial charge in [0.15, 0.2) is 0 Å². The molecule has 1 aromatic rings. The van der Waals surface area contributed by atoms with Gasteiger partial charge in [-0.05, 0) is 37.0 Å². The molecule has 0 aromatic heterocycles. The Bertz CT molecular complexity index is 502. The van der Waals surface area contributed by atoms with E-state index in [-0.39, 0.29) is 5.91 Å². The highest BCUT2D eigenvalue weighted by Crippen LogP contribution is 2.18. The number of hydrogen-bond donors (Lipinski definition) is 1. The molecule has 0 unspecified atom stereocenters. The van der Waals surface area contributed by atoms with E-state index in [2.05, 4.69) is 30.9 Å². The second-order valence-corrected chi connectivity index (χ2v) is 6.02. The maximum atomic E-state index is 11.4. The number of rotatable bonds is 3. The van der Waals surface area contributed by atoms with Crippen molar-refractivity contribution in [3.8, 4) is 0 Å². The first kappa shape index (κ1) is 16.0. The van der Waals surface area contributed by atoms with Gasteiger partial charge in [0.25, 0.3) is 0 Å². The fourth-order valence-electron chi connectivity index (χ4n) is 2.79. The monoisotopic (exact) mass is 290 g/mol. The smallest absolute Gasteiger partial charge is 0.219 e. The van der Waals surface area contributed by atoms with Crippen LogP contribution in [0.15, 0.2) is 18.2 Å². The predicted molar refractivity (Wildman–Crippen MR) is 84.2 cm³/mol. The Labute approximate surface area is 127 Å². The van der Waals surface area contributed by atoms with E-state index >= 15 is 0 Å². The summed E-state index contributed by atoms with van der Waals surface area (Å²) >= 11 is 0. The van der Waals surface area contributed by atoms with Crippen LogP contribution in [-0.4, -0.2) is 53.5 Å². The molecule has 2 rings (SSSR count). The van der Waals surface area contributed by atoms with E-state index < -0.39 is 6.10 Å². The molecule has 1 heterocycles. The van der Waals surface area contributed by atoms with Gasteiger partial charge in [-0.1, -0.05) is 18.2 Å². The Hall–Kier alpha value is -1.39. The van der Waals surface area contributed by atoms with Crippen molar-refractivity contribution in [2.75, 3.05) is 32.7 Å². The third-order valence-electron chi connectivity index (χ3n) is 4.38. The molecule has 116 valence electrons. The zero-order valence-corrected chi connectivity index (χ0v) is 13.3. The highest BCUT2D eigenvalue weighted by atomic mass is 16.3. The molecule has 0 spiro atoms. The van der Waals surface area contributed by atoms with Crippen molar-refractivity contribution < 1.29 is 9.90 Å². The van der Waals surface area contributed by atoms with Gasteiger partial charge in [0, 0.05) is 39.6 Å². The molecule has 0 aliphatic carbocycles. The van der Waals surface area contributed by atoms with Crippen molar-refractivity contribution in [2.24, 2.45) is 0 Å². The molecule has 0 bridgehead atoms. The maximum absolute atomic E-state index is 11.4. The van der Waals surface area contributed by atoms with Gasteiger partial charge in [-0.25, -0.2) is 0 Å². The van der Waals surface area contributed by atoms with E-state index in [1.165, 1.54) is 11.1 Å². The van der Waals surface area contributed by atoms with Crippen molar-refractivity contribution in [3.05, 3.63) is 34.9 Å². The number of nitrogens with zero attached hydrogens (tertiary/aromatic N) is 2. The average molecular weight is 290 g/mol. The lowest BCUT2D eigenvalue weighted by atomic mass is 10.0. The number of carbonyl (C=O) groups excluding carboxylic acids is 1. The number of amides is 1. The maximum Gasteiger partial charge on any atom is 0.219 e. The Kier molecular flexibility index (Phi) is 5.37. The molecule has 1 N–H and O–H groups in total. The van der Waals surface area contributed by atoms with Crippen molar-refractivity contribution in [1.82, 2.24) is 9.80 Å². The van der Waals surface area contributed by atoms with Crippen LogP contribution in [0.25, 0.3) is 0 Å². The van der Waals surface area contributed by atoms with Gasteiger partial charge in [0.05, 0.1) is 6.10 Å². The molecular weight excluding hydrogens is 264 g/mol. The van der Waals surface area contributed by atoms with Crippen LogP contribution in [0.4, 0.5) is 0 Å². The Balaban J connectivity index is 1.94. The third kappa shape index (κ3) is 4.29. The van der Waals surface area contributed by atoms with Gasteiger partial charge in [-0.2, -0.15) is 0 Å². The number of aryl methyl sites for hydroxylation is 2. The molecule has 1 aliphatic rings. The Morgan fingerprint density at radius 1 is 1.19 bits per heavy atom. The zero-order chi connectivity index (χ0) is 15.4. The average Bonchev–Trinajstić information content (AvgIpc) is 2.67. The van der Waals surface area contributed by atoms with Crippen LogP contribution < -0.4 is 0 Å². The molecule has 0 saturated carbocycles. The number of aliphatic hydroxyl groups is 1. The summed E-state index contributed by atoms with van der Waals surface area (Å²) in [5.74, 6) is 0.145. The largest absolute Gasteiger partial charge is 0.387 e. The van der Waals surface area contributed by atoms with Crippen LogP contribution in [0.2, 0.25) is 0 Å². The molecule has 21 heavy (non-hydrogen) atoms. The van der Waals surface area contributed by atoms with Crippen molar-refractivity contribution in [1.29, 1.82) is 0 Å². The highest BCUT2D eigenvalue weighted by molar-refractivity contribution is 5.73. The summed E-state index contributed by atoms with van der Waals surface area (Å²) < 4.78 is 0. The zero-order valence-electron chi connectivity index (χ0n) is 13.3. The normalized spacial score (nSPS) is 18.4. The molecular formula is C17H26N2O2. The molecule has 1 aromatic carbocycles. The molecule has 1 aliphatic heterocycles. The summed E-state index contributed by atoms with van der Waals surface area (Å²) in [6.45, 7) is 9.76. The first-order chi connectivity index (χ1) is 9.97. The summed E-state index contributed by atoms with van der Waals surface area (Å²) in [5.41, 5.74) is 3.44. The number of hydrogen-bond acceptors (Lipinski definition) is 3. The minimum Gasteiger partial charge on any atom is -0.387 e. The van der Waals surface area contributed by atoms with Gasteiger partial charge in [0.2, 0.25) is 5.91 Å². The van der Waals surface area contributed by atoms with Crippen LogP contribution in [0, 0.1) is 13.8 Å². The Morgan fingerprint density at radius 3 is 2.62 bits per heavy atom. The van der Waals surface area contributed by atoms with Gasteiger partial charge < -0.3 is 10.0 Å². The van der Waals surface area contributed by atoms with Crippen LogP contribution in [0.5, 0.6) is 0 Å². The quantitative estimate of drug-likeness (QED) is 0.924. The number of aliphatic hydroxyl groups excluding tert-OH is 1. The summed E-state index contributed by atoms with van der Waals surface area (Å²) in [6.07, 6.45) is 0.507. The lowest BCUT2D eigenvalue weighted by molar-refractivity contribution is -0.128. The van der Waals surface area contributed by atoms with Crippen molar-refractivity contribution in [2.45, 2.75) is 33.3 Å². The van der Waals surface area contributed by atoms with Crippen LogP contribution >= 0.6 is 0 Å². The van der Waals surface area contributed by atoms with E-state index in [0.717, 1.165) is 38.2 Å². The molecule has 4 nitrogen and oxygen atoms in total. The third-order valence-corrected chi connectivity index (χ3v) is 4.38. The molecule has 1 amide bonds. The van der Waals surface area contributed by atoms with Crippen molar-refractivity contribution in [3.63, 3.8) is 0 Å². The molecule has 1 fully saturated rings. The van der Waals surface area contributed by atoms with Crippen LogP contribution in [0.3, 0.4) is 0 Å². The number of benzene rings is 1. The lowest BCUT2D eigenvalue weighted by Crippen LogP contribution is -2.35. The van der Waals surface area contributed by atoms with Crippen LogP contribution in [0.1, 0.15) is 36.1 Å². The van der Waals surface area contributed by atoms with E-state index in [4.69, 9.17) is 0 Å². The second-order valence-electron chi connectivity index (χ2n) is 6.02. The second kappa shape index (κ2) is 7.05. The van der Waals surface area contributed by atoms with Gasteiger partial charge in [0.1, 0.15) is 0 Å². The summed E-state index contributed by atoms with van der Waals surface area (Å²) in [5, 5.41) is 10.4. The van der Waals surface area contributed by atoms with E-state index in [1.54, 1.807) is 6.92 Å². The van der Waals surface area contributed by atoms with Gasteiger partial charge >= 0.3 is 0 Å². The van der Waals surface area contributed by atoms with Crippen LogP contribution in [-0.2, 0) is 4.79 Å². The minimum absolute atomic E-state index is 0.145. The SMILES string of the molecule is CC(=O)N1CCCN(C[C@H](O)c2ccc(C)c(C)c2)CC1. The first-order valence-electron chi connectivity index (χ1n) is 7.70. The Morgan fingerprint density at radius 2 is 1.95 bits per heavy atom. The van der Waals surface area contributed by atoms with E-state index in [0.29, 0.717) is 6.54 Å². The summed E-state index contributed by atoms with van der Waals surface area (Å²) in [4.78, 5) is 15.6.